The van der Waals surface area contributed by atoms with Crippen LogP contribution >= 0.6 is 11.8 Å². The van der Waals surface area contributed by atoms with Crippen molar-refractivity contribution >= 4 is 11.8 Å². The summed E-state index contributed by atoms with van der Waals surface area (Å²) in [6, 6.07) is 10.4. The van der Waals surface area contributed by atoms with Crippen LogP contribution in [0.4, 0.5) is 0 Å². The molecular weight excluding hydrogens is 244 g/mol. The third-order valence-corrected chi connectivity index (χ3v) is 4.13. The van der Waals surface area contributed by atoms with Crippen molar-refractivity contribution in [1.82, 2.24) is 0 Å². The molecule has 0 aliphatic carbocycles. The first-order chi connectivity index (χ1) is 8.46. The summed E-state index contributed by atoms with van der Waals surface area (Å²) in [4.78, 5) is 1.25. The zero-order valence-electron chi connectivity index (χ0n) is 11.6. The fourth-order valence-corrected chi connectivity index (χ4v) is 3.31. The van der Waals surface area contributed by atoms with Crippen LogP contribution in [0.1, 0.15) is 34.1 Å². The van der Waals surface area contributed by atoms with Gasteiger partial charge in [-0.3, -0.25) is 0 Å². The predicted octanol–water partition coefficient (Wildman–Crippen LogP) is 4.30. The van der Waals surface area contributed by atoms with Gasteiger partial charge in [-0.25, -0.2) is 0 Å². The SMILES string of the molecule is CC(C)[C@H]1C[C@@H](Sc2ccccc2)OC(C)(C)O1. The van der Waals surface area contributed by atoms with Gasteiger partial charge in [0.15, 0.2) is 5.79 Å². The first-order valence-electron chi connectivity index (χ1n) is 6.53. The molecule has 0 amide bonds. The molecule has 1 aromatic carbocycles. The number of ether oxygens (including phenoxy) is 2. The molecule has 2 atom stereocenters. The Bertz CT molecular complexity index is 375. The molecule has 2 rings (SSSR count). The first-order valence-corrected chi connectivity index (χ1v) is 7.41. The van der Waals surface area contributed by atoms with Crippen molar-refractivity contribution < 1.29 is 9.47 Å². The van der Waals surface area contributed by atoms with Gasteiger partial charge in [-0.2, -0.15) is 0 Å². The molecule has 0 unspecified atom stereocenters. The maximum atomic E-state index is 6.00. The van der Waals surface area contributed by atoms with Crippen LogP contribution in [0.3, 0.4) is 0 Å². The Morgan fingerprint density at radius 1 is 1.17 bits per heavy atom. The lowest BCUT2D eigenvalue weighted by Gasteiger charge is -2.42. The summed E-state index contributed by atoms with van der Waals surface area (Å²) < 4.78 is 12.0. The van der Waals surface area contributed by atoms with E-state index in [9.17, 15) is 0 Å². The molecule has 1 fully saturated rings. The van der Waals surface area contributed by atoms with Crippen molar-refractivity contribution in [3.05, 3.63) is 30.3 Å². The van der Waals surface area contributed by atoms with Crippen LogP contribution in [0.25, 0.3) is 0 Å². The molecule has 1 heterocycles. The van der Waals surface area contributed by atoms with E-state index < -0.39 is 5.79 Å². The number of rotatable bonds is 3. The minimum Gasteiger partial charge on any atom is -0.347 e. The predicted molar refractivity (Wildman–Crippen MR) is 75.6 cm³/mol. The zero-order chi connectivity index (χ0) is 13.2. The van der Waals surface area contributed by atoms with Gasteiger partial charge in [0.05, 0.1) is 6.10 Å². The summed E-state index contributed by atoms with van der Waals surface area (Å²) >= 11 is 1.79. The van der Waals surface area contributed by atoms with Crippen LogP contribution in [-0.2, 0) is 9.47 Å². The molecular formula is C15H22O2S. The van der Waals surface area contributed by atoms with Crippen molar-refractivity contribution in [3.8, 4) is 0 Å². The molecule has 100 valence electrons. The van der Waals surface area contributed by atoms with Gasteiger partial charge in [0.1, 0.15) is 5.44 Å². The molecule has 0 N–H and O–H groups in total. The Morgan fingerprint density at radius 2 is 1.83 bits per heavy atom. The van der Waals surface area contributed by atoms with E-state index in [4.69, 9.17) is 9.47 Å². The maximum Gasteiger partial charge on any atom is 0.164 e. The fourth-order valence-electron chi connectivity index (χ4n) is 2.13. The van der Waals surface area contributed by atoms with Crippen LogP contribution in [-0.4, -0.2) is 17.3 Å². The van der Waals surface area contributed by atoms with Gasteiger partial charge in [0.25, 0.3) is 0 Å². The molecule has 0 radical (unpaired) electrons. The summed E-state index contributed by atoms with van der Waals surface area (Å²) in [6.45, 7) is 8.41. The Morgan fingerprint density at radius 3 is 2.44 bits per heavy atom. The summed E-state index contributed by atoms with van der Waals surface area (Å²) in [5, 5.41) is 0. The van der Waals surface area contributed by atoms with Gasteiger partial charge in [-0.15, -0.1) is 0 Å². The molecule has 0 bridgehead atoms. The van der Waals surface area contributed by atoms with Crippen molar-refractivity contribution in [2.45, 2.75) is 56.3 Å². The van der Waals surface area contributed by atoms with Crippen molar-refractivity contribution in [1.29, 1.82) is 0 Å². The molecule has 18 heavy (non-hydrogen) atoms. The smallest absolute Gasteiger partial charge is 0.164 e. The third-order valence-electron chi connectivity index (χ3n) is 3.03. The van der Waals surface area contributed by atoms with Gasteiger partial charge in [-0.05, 0) is 31.9 Å². The lowest BCUT2D eigenvalue weighted by molar-refractivity contribution is -0.288. The highest BCUT2D eigenvalue weighted by Crippen LogP contribution is 2.37. The summed E-state index contributed by atoms with van der Waals surface area (Å²) in [5.41, 5.74) is 0.170. The van der Waals surface area contributed by atoms with E-state index in [0.717, 1.165) is 6.42 Å². The largest absolute Gasteiger partial charge is 0.347 e. The average molecular weight is 266 g/mol. The molecule has 0 spiro atoms. The number of hydrogen-bond acceptors (Lipinski definition) is 3. The molecule has 2 nitrogen and oxygen atoms in total. The lowest BCUT2D eigenvalue weighted by atomic mass is 10.0. The third kappa shape index (κ3) is 3.74. The van der Waals surface area contributed by atoms with E-state index in [1.54, 1.807) is 11.8 Å². The van der Waals surface area contributed by atoms with Gasteiger partial charge in [-0.1, -0.05) is 43.8 Å². The van der Waals surface area contributed by atoms with Crippen LogP contribution in [0.15, 0.2) is 35.2 Å². The summed E-state index contributed by atoms with van der Waals surface area (Å²) in [5.74, 6) is 0.0339. The van der Waals surface area contributed by atoms with Crippen molar-refractivity contribution in [2.75, 3.05) is 0 Å². The molecule has 0 saturated carbocycles. The highest BCUT2D eigenvalue weighted by molar-refractivity contribution is 7.99. The van der Waals surface area contributed by atoms with Gasteiger partial charge >= 0.3 is 0 Å². The van der Waals surface area contributed by atoms with E-state index >= 15 is 0 Å². The van der Waals surface area contributed by atoms with Crippen LogP contribution in [0, 0.1) is 5.92 Å². The maximum absolute atomic E-state index is 6.00. The van der Waals surface area contributed by atoms with E-state index in [-0.39, 0.29) is 11.5 Å². The monoisotopic (exact) mass is 266 g/mol. The van der Waals surface area contributed by atoms with Crippen molar-refractivity contribution in [2.24, 2.45) is 5.92 Å². The quantitative estimate of drug-likeness (QED) is 0.812. The Hall–Kier alpha value is -0.510. The Labute approximate surface area is 114 Å². The second-order valence-corrected chi connectivity index (χ2v) is 6.75. The number of hydrogen-bond donors (Lipinski definition) is 0. The van der Waals surface area contributed by atoms with E-state index in [2.05, 4.69) is 38.1 Å². The average Bonchev–Trinajstić information content (AvgIpc) is 2.28. The number of benzene rings is 1. The molecule has 0 aromatic heterocycles. The Balaban J connectivity index is 2.04. The van der Waals surface area contributed by atoms with E-state index in [0.29, 0.717) is 5.92 Å². The van der Waals surface area contributed by atoms with Crippen molar-refractivity contribution in [3.63, 3.8) is 0 Å². The number of thioether (sulfide) groups is 1. The molecule has 1 aliphatic rings. The molecule has 1 aromatic rings. The van der Waals surface area contributed by atoms with E-state index in [1.807, 2.05) is 19.9 Å². The topological polar surface area (TPSA) is 18.5 Å². The highest BCUT2D eigenvalue weighted by Gasteiger charge is 2.37. The van der Waals surface area contributed by atoms with Crippen LogP contribution < -0.4 is 0 Å². The molecule has 3 heteroatoms. The normalized spacial score (nSPS) is 27.4. The Kier molecular flexibility index (Phi) is 4.36. The second kappa shape index (κ2) is 5.64. The van der Waals surface area contributed by atoms with Crippen LogP contribution in [0.2, 0.25) is 0 Å². The second-order valence-electron chi connectivity index (χ2n) is 5.51. The minimum absolute atomic E-state index is 0.170. The fraction of sp³-hybridized carbons (Fsp3) is 0.600. The summed E-state index contributed by atoms with van der Waals surface area (Å²) in [7, 11) is 0. The molecule has 1 saturated heterocycles. The highest BCUT2D eigenvalue weighted by atomic mass is 32.2. The first kappa shape index (κ1) is 13.9. The van der Waals surface area contributed by atoms with E-state index in [1.165, 1.54) is 4.90 Å². The zero-order valence-corrected chi connectivity index (χ0v) is 12.4. The lowest BCUT2D eigenvalue weighted by Crippen LogP contribution is -2.45. The van der Waals surface area contributed by atoms with Crippen LogP contribution in [0.5, 0.6) is 0 Å². The van der Waals surface area contributed by atoms with Gasteiger partial charge in [0, 0.05) is 11.3 Å². The summed E-state index contributed by atoms with van der Waals surface area (Å²) in [6.07, 6.45) is 1.22. The minimum atomic E-state index is -0.486. The standard InChI is InChI=1S/C15H22O2S/c1-11(2)13-10-14(17-15(3,4)16-13)18-12-8-6-5-7-9-12/h5-9,11,13-14H,10H2,1-4H3/t13-,14-/m1/s1. The van der Waals surface area contributed by atoms with Gasteiger partial charge < -0.3 is 9.47 Å². The van der Waals surface area contributed by atoms with Gasteiger partial charge in [0.2, 0.25) is 0 Å². The molecule has 1 aliphatic heterocycles.